The molecule has 0 aliphatic carbocycles. The van der Waals surface area contributed by atoms with Gasteiger partial charge in [0.2, 0.25) is 11.9 Å². The summed E-state index contributed by atoms with van der Waals surface area (Å²) in [6.45, 7) is 13.8. The summed E-state index contributed by atoms with van der Waals surface area (Å²) in [5.74, 6) is 1.63. The molecule has 0 bridgehead atoms. The number of nitrogens with one attached hydrogen (secondary N) is 1. The van der Waals surface area contributed by atoms with Crippen LogP contribution in [0.4, 0.5) is 5.95 Å². The fourth-order valence-electron chi connectivity index (χ4n) is 3.28. The maximum Gasteiger partial charge on any atom is 0.244 e. The fraction of sp³-hybridized carbons (Fsp3) is 0.824. The van der Waals surface area contributed by atoms with E-state index in [1.165, 1.54) is 0 Å². The predicted molar refractivity (Wildman–Crippen MR) is 93.9 cm³/mol. The average Bonchev–Trinajstić information content (AvgIpc) is 2.79. The zero-order valence-electron chi connectivity index (χ0n) is 15.9. The van der Waals surface area contributed by atoms with Gasteiger partial charge in [0.05, 0.1) is 18.2 Å². The molecule has 3 atom stereocenters. The number of aromatic nitrogens is 3. The van der Waals surface area contributed by atoms with Crippen molar-refractivity contribution in [3.05, 3.63) is 5.82 Å². The minimum absolute atomic E-state index is 0.0305. The monoisotopic (exact) mass is 337 g/mol. The summed E-state index contributed by atoms with van der Waals surface area (Å²) in [4.78, 5) is 19.6. The summed E-state index contributed by atoms with van der Waals surface area (Å²) >= 11 is 0. The second-order valence-corrected chi connectivity index (χ2v) is 7.46. The number of amides is 1. The lowest BCUT2D eigenvalue weighted by Crippen LogP contribution is -2.55. The summed E-state index contributed by atoms with van der Waals surface area (Å²) in [6.07, 6.45) is 0.260. The van der Waals surface area contributed by atoms with Crippen molar-refractivity contribution in [2.24, 2.45) is 13.0 Å². The van der Waals surface area contributed by atoms with Crippen LogP contribution in [0.3, 0.4) is 0 Å². The minimum Gasteiger partial charge on any atom is -0.373 e. The number of nitrogens with zero attached hydrogens (tertiary/aromatic N) is 4. The van der Waals surface area contributed by atoms with Gasteiger partial charge in [-0.1, -0.05) is 27.7 Å². The minimum atomic E-state index is -0.210. The highest BCUT2D eigenvalue weighted by Gasteiger charge is 2.34. The Morgan fingerprint density at radius 3 is 2.25 bits per heavy atom. The summed E-state index contributed by atoms with van der Waals surface area (Å²) in [5.41, 5.74) is 0. The molecule has 2 rings (SSSR count). The van der Waals surface area contributed by atoms with Gasteiger partial charge in [-0.2, -0.15) is 10.1 Å². The Bertz CT molecular complexity index is 559. The van der Waals surface area contributed by atoms with Crippen LogP contribution in [0.15, 0.2) is 0 Å². The number of hydrogen-bond donors (Lipinski definition) is 1. The summed E-state index contributed by atoms with van der Waals surface area (Å²) in [5, 5.41) is 7.32. The van der Waals surface area contributed by atoms with E-state index in [0.29, 0.717) is 5.95 Å². The predicted octanol–water partition coefficient (Wildman–Crippen LogP) is 2.01. The Hall–Kier alpha value is -1.47. The van der Waals surface area contributed by atoms with Gasteiger partial charge in [0.25, 0.3) is 0 Å². The lowest BCUT2D eigenvalue weighted by atomic mass is 10.00. The number of hydrogen-bond acceptors (Lipinski definition) is 5. The van der Waals surface area contributed by atoms with Crippen molar-refractivity contribution in [3.63, 3.8) is 0 Å². The molecule has 0 spiro atoms. The Balaban J connectivity index is 2.15. The third-order valence-corrected chi connectivity index (χ3v) is 4.27. The fourth-order valence-corrected chi connectivity index (χ4v) is 3.28. The van der Waals surface area contributed by atoms with E-state index in [1.54, 1.807) is 11.7 Å². The van der Waals surface area contributed by atoms with E-state index in [2.05, 4.69) is 48.0 Å². The van der Waals surface area contributed by atoms with Crippen molar-refractivity contribution in [2.45, 2.75) is 65.7 Å². The number of carbonyl (C=O) groups excluding carboxylic acids is 1. The Kier molecular flexibility index (Phi) is 5.98. The van der Waals surface area contributed by atoms with E-state index in [1.807, 2.05) is 13.8 Å². The van der Waals surface area contributed by atoms with E-state index in [0.717, 1.165) is 18.9 Å². The van der Waals surface area contributed by atoms with Crippen LogP contribution >= 0.6 is 0 Å². The second kappa shape index (κ2) is 7.61. The molecule has 1 fully saturated rings. The molecule has 1 aromatic heterocycles. The van der Waals surface area contributed by atoms with Gasteiger partial charge in [0.15, 0.2) is 5.82 Å². The van der Waals surface area contributed by atoms with E-state index < -0.39 is 0 Å². The van der Waals surface area contributed by atoms with Crippen LogP contribution < -0.4 is 5.32 Å². The van der Waals surface area contributed by atoms with E-state index in [9.17, 15) is 4.79 Å². The van der Waals surface area contributed by atoms with Crippen LogP contribution in [0.5, 0.6) is 0 Å². The summed E-state index contributed by atoms with van der Waals surface area (Å²) in [7, 11) is 1.80. The second-order valence-electron chi connectivity index (χ2n) is 7.46. The molecule has 3 unspecified atom stereocenters. The van der Waals surface area contributed by atoms with Gasteiger partial charge in [-0.15, -0.1) is 0 Å². The van der Waals surface area contributed by atoms with E-state index in [4.69, 9.17) is 4.74 Å². The average molecular weight is 337 g/mol. The van der Waals surface area contributed by atoms with Crippen molar-refractivity contribution in [1.29, 1.82) is 0 Å². The highest BCUT2D eigenvalue weighted by molar-refractivity contribution is 5.93. The number of anilines is 1. The topological polar surface area (TPSA) is 72.3 Å². The first kappa shape index (κ1) is 18.9. The molecule has 1 N–H and O–H groups in total. The Morgan fingerprint density at radius 2 is 1.79 bits per heavy atom. The molecule has 1 aliphatic rings. The van der Waals surface area contributed by atoms with Crippen LogP contribution in [0.1, 0.15) is 53.3 Å². The maximum atomic E-state index is 12.9. The molecule has 1 aliphatic heterocycles. The van der Waals surface area contributed by atoms with Crippen LogP contribution in [0.25, 0.3) is 0 Å². The van der Waals surface area contributed by atoms with Gasteiger partial charge in [-0.3, -0.25) is 15.0 Å². The number of rotatable bonds is 5. The first-order valence-electron chi connectivity index (χ1n) is 8.80. The number of carbonyl (C=O) groups is 1. The Morgan fingerprint density at radius 1 is 1.21 bits per heavy atom. The van der Waals surface area contributed by atoms with E-state index in [-0.39, 0.29) is 36.0 Å². The quantitative estimate of drug-likeness (QED) is 0.890. The van der Waals surface area contributed by atoms with Gasteiger partial charge < -0.3 is 4.74 Å². The zero-order valence-corrected chi connectivity index (χ0v) is 15.9. The smallest absolute Gasteiger partial charge is 0.244 e. The van der Waals surface area contributed by atoms with Crippen LogP contribution in [-0.4, -0.2) is 56.9 Å². The summed E-state index contributed by atoms with van der Waals surface area (Å²) in [6, 6.07) is -0.210. The first-order valence-corrected chi connectivity index (χ1v) is 8.80. The largest absolute Gasteiger partial charge is 0.373 e. The molecule has 2 heterocycles. The third kappa shape index (κ3) is 4.33. The molecule has 7 nitrogen and oxygen atoms in total. The number of aryl methyl sites for hydroxylation is 1. The molecular weight excluding hydrogens is 306 g/mol. The van der Waals surface area contributed by atoms with Crippen LogP contribution in [0.2, 0.25) is 0 Å². The van der Waals surface area contributed by atoms with Crippen LogP contribution in [0, 0.1) is 5.92 Å². The van der Waals surface area contributed by atoms with Crippen molar-refractivity contribution in [2.75, 3.05) is 18.4 Å². The molecule has 1 aromatic rings. The van der Waals surface area contributed by atoms with Gasteiger partial charge in [0, 0.05) is 26.1 Å². The molecule has 24 heavy (non-hydrogen) atoms. The molecule has 1 saturated heterocycles. The van der Waals surface area contributed by atoms with Gasteiger partial charge in [-0.25, -0.2) is 4.68 Å². The molecule has 0 radical (unpaired) electrons. The molecule has 1 amide bonds. The highest BCUT2D eigenvalue weighted by Crippen LogP contribution is 2.20. The molecular formula is C17H31N5O2. The van der Waals surface area contributed by atoms with Crippen molar-refractivity contribution >= 4 is 11.9 Å². The normalized spacial score (nSPS) is 23.7. The molecule has 136 valence electrons. The Labute approximate surface area is 144 Å². The van der Waals surface area contributed by atoms with Crippen molar-refractivity contribution in [3.8, 4) is 0 Å². The maximum absolute atomic E-state index is 12.9. The number of morpholine rings is 1. The zero-order chi connectivity index (χ0) is 18.0. The van der Waals surface area contributed by atoms with Crippen molar-refractivity contribution < 1.29 is 9.53 Å². The van der Waals surface area contributed by atoms with Crippen molar-refractivity contribution in [1.82, 2.24) is 19.7 Å². The molecule has 0 aromatic carbocycles. The van der Waals surface area contributed by atoms with Crippen LogP contribution in [-0.2, 0) is 16.6 Å². The first-order chi connectivity index (χ1) is 11.2. The standard InChI is InChI=1S/C17H31N5O2/c1-10(2)14(22-8-12(5)24-13(6)9-22)16(23)19-17-18-15(11(3)4)20-21(17)7/h10-14H,8-9H2,1-7H3,(H,18,19,20,23). The van der Waals surface area contributed by atoms with Gasteiger partial charge >= 0.3 is 0 Å². The molecule has 7 heteroatoms. The lowest BCUT2D eigenvalue weighted by molar-refractivity contribution is -0.130. The lowest BCUT2D eigenvalue weighted by Gasteiger charge is -2.40. The third-order valence-electron chi connectivity index (χ3n) is 4.27. The van der Waals surface area contributed by atoms with Gasteiger partial charge in [0.1, 0.15) is 0 Å². The van der Waals surface area contributed by atoms with E-state index >= 15 is 0 Å². The molecule has 0 saturated carbocycles. The SMILES string of the molecule is CC1CN(C(C(=O)Nc2nc(C(C)C)nn2C)C(C)C)CC(C)O1. The highest BCUT2D eigenvalue weighted by atomic mass is 16.5. The van der Waals surface area contributed by atoms with Gasteiger partial charge in [-0.05, 0) is 19.8 Å². The number of ether oxygens (including phenoxy) is 1. The summed E-state index contributed by atoms with van der Waals surface area (Å²) < 4.78 is 7.43.